The van der Waals surface area contributed by atoms with Crippen LogP contribution in [0.5, 0.6) is 0 Å². The van der Waals surface area contributed by atoms with Gasteiger partial charge in [0, 0.05) is 16.0 Å². The van der Waals surface area contributed by atoms with E-state index in [9.17, 15) is 0 Å². The second-order valence-electron chi connectivity index (χ2n) is 5.78. The van der Waals surface area contributed by atoms with Gasteiger partial charge in [-0.3, -0.25) is 0 Å². The van der Waals surface area contributed by atoms with Crippen LogP contribution in [0, 0.1) is 11.3 Å². The Morgan fingerprint density at radius 2 is 1.60 bits per heavy atom. The van der Waals surface area contributed by atoms with E-state index in [1.807, 2.05) is 54.6 Å². The molecule has 118 valence electrons. The maximum Gasteiger partial charge on any atom is 0.0991 e. The molecule has 4 rings (SSSR count). The summed E-state index contributed by atoms with van der Waals surface area (Å²) in [6, 6.07) is 27.7. The third-order valence-corrected chi connectivity index (χ3v) is 4.38. The highest BCUT2D eigenvalue weighted by Crippen LogP contribution is 2.33. The second kappa shape index (κ2) is 6.39. The molecule has 0 spiro atoms. The molecule has 0 unspecified atom stereocenters. The van der Waals surface area contributed by atoms with Gasteiger partial charge in [-0.15, -0.1) is 0 Å². The van der Waals surface area contributed by atoms with Gasteiger partial charge in [-0.25, -0.2) is 4.98 Å². The number of fused-ring (bicyclic) bond motifs is 1. The van der Waals surface area contributed by atoms with Gasteiger partial charge in [0.15, 0.2) is 0 Å². The Labute approximate surface area is 151 Å². The van der Waals surface area contributed by atoms with Gasteiger partial charge >= 0.3 is 0 Å². The zero-order chi connectivity index (χ0) is 17.2. The van der Waals surface area contributed by atoms with Gasteiger partial charge in [-0.2, -0.15) is 5.26 Å². The van der Waals surface area contributed by atoms with E-state index in [2.05, 4.69) is 24.3 Å². The highest BCUT2D eigenvalue weighted by molar-refractivity contribution is 6.31. The predicted octanol–water partition coefficient (Wildman–Crippen LogP) is 6.09. The highest BCUT2D eigenvalue weighted by atomic mass is 35.5. The van der Waals surface area contributed by atoms with Crippen LogP contribution in [0.3, 0.4) is 0 Å². The molecule has 3 aromatic carbocycles. The Morgan fingerprint density at radius 1 is 0.800 bits per heavy atom. The van der Waals surface area contributed by atoms with E-state index in [0.717, 1.165) is 33.3 Å². The number of hydrogen-bond acceptors (Lipinski definition) is 2. The molecule has 0 saturated carbocycles. The van der Waals surface area contributed by atoms with E-state index in [1.54, 1.807) is 6.07 Å². The van der Waals surface area contributed by atoms with Crippen LogP contribution in [0.15, 0.2) is 78.9 Å². The van der Waals surface area contributed by atoms with E-state index in [1.165, 1.54) is 0 Å². The fraction of sp³-hybridized carbons (Fsp3) is 0. The molecule has 0 aliphatic rings. The summed E-state index contributed by atoms with van der Waals surface area (Å²) < 4.78 is 0. The second-order valence-corrected chi connectivity index (χ2v) is 6.21. The summed E-state index contributed by atoms with van der Waals surface area (Å²) in [5.41, 5.74) is 5.44. The standard InChI is InChI=1S/C22H13ClN2/c23-18-9-10-21-20(12-18)19(16-6-2-1-3-7-16)13-22(25-21)17-8-4-5-15(11-17)14-24/h1-13H. The normalized spacial score (nSPS) is 10.6. The maximum absolute atomic E-state index is 9.16. The Morgan fingerprint density at radius 3 is 2.40 bits per heavy atom. The first-order valence-corrected chi connectivity index (χ1v) is 8.29. The molecule has 0 atom stereocenters. The number of hydrogen-bond donors (Lipinski definition) is 0. The van der Waals surface area contributed by atoms with Crippen molar-refractivity contribution < 1.29 is 0 Å². The predicted molar refractivity (Wildman–Crippen MR) is 102 cm³/mol. The van der Waals surface area contributed by atoms with Crippen molar-refractivity contribution in [2.24, 2.45) is 0 Å². The summed E-state index contributed by atoms with van der Waals surface area (Å²) in [5, 5.41) is 10.9. The first-order chi connectivity index (χ1) is 12.2. The average molecular weight is 341 g/mol. The Balaban J connectivity index is 2.01. The van der Waals surface area contributed by atoms with Crippen LogP contribution in [-0.4, -0.2) is 4.98 Å². The molecule has 0 radical (unpaired) electrons. The fourth-order valence-corrected chi connectivity index (χ4v) is 3.12. The van der Waals surface area contributed by atoms with Gasteiger partial charge < -0.3 is 0 Å². The lowest BCUT2D eigenvalue weighted by Crippen LogP contribution is -1.90. The van der Waals surface area contributed by atoms with Crippen molar-refractivity contribution in [3.8, 4) is 28.5 Å². The summed E-state index contributed by atoms with van der Waals surface area (Å²) in [7, 11) is 0. The van der Waals surface area contributed by atoms with E-state index in [4.69, 9.17) is 21.8 Å². The summed E-state index contributed by atoms with van der Waals surface area (Å²) in [4.78, 5) is 4.78. The van der Waals surface area contributed by atoms with Crippen LogP contribution in [0.4, 0.5) is 0 Å². The van der Waals surface area contributed by atoms with Crippen molar-refractivity contribution >= 4 is 22.5 Å². The zero-order valence-corrected chi connectivity index (χ0v) is 14.0. The number of rotatable bonds is 2. The highest BCUT2D eigenvalue weighted by Gasteiger charge is 2.10. The third kappa shape index (κ3) is 2.98. The molecule has 1 heterocycles. The molecule has 2 nitrogen and oxygen atoms in total. The van der Waals surface area contributed by atoms with Crippen molar-refractivity contribution in [3.05, 3.63) is 89.4 Å². The molecule has 0 fully saturated rings. The summed E-state index contributed by atoms with van der Waals surface area (Å²) in [5.74, 6) is 0. The first-order valence-electron chi connectivity index (χ1n) is 7.91. The van der Waals surface area contributed by atoms with Crippen LogP contribution < -0.4 is 0 Å². The van der Waals surface area contributed by atoms with E-state index < -0.39 is 0 Å². The van der Waals surface area contributed by atoms with Crippen LogP contribution in [-0.2, 0) is 0 Å². The monoisotopic (exact) mass is 340 g/mol. The van der Waals surface area contributed by atoms with Crippen molar-refractivity contribution in [2.75, 3.05) is 0 Å². The van der Waals surface area contributed by atoms with Gasteiger partial charge in [-0.1, -0.05) is 54.1 Å². The topological polar surface area (TPSA) is 36.7 Å². The number of nitriles is 1. The van der Waals surface area contributed by atoms with Crippen molar-refractivity contribution in [2.45, 2.75) is 0 Å². The van der Waals surface area contributed by atoms with Crippen molar-refractivity contribution in [1.29, 1.82) is 5.26 Å². The molecule has 1 aromatic heterocycles. The zero-order valence-electron chi connectivity index (χ0n) is 13.3. The molecule has 4 aromatic rings. The molecule has 25 heavy (non-hydrogen) atoms. The summed E-state index contributed by atoms with van der Waals surface area (Å²) in [6.45, 7) is 0. The van der Waals surface area contributed by atoms with Gasteiger partial charge in [0.25, 0.3) is 0 Å². The lowest BCUT2D eigenvalue weighted by atomic mass is 9.98. The lowest BCUT2D eigenvalue weighted by molar-refractivity contribution is 1.39. The Hall–Kier alpha value is -3.15. The molecular formula is C22H13ClN2. The van der Waals surface area contributed by atoms with Gasteiger partial charge in [0.05, 0.1) is 22.8 Å². The van der Waals surface area contributed by atoms with Crippen LogP contribution in [0.1, 0.15) is 5.56 Å². The first kappa shape index (κ1) is 15.4. The maximum atomic E-state index is 9.16. The number of pyridine rings is 1. The SMILES string of the molecule is N#Cc1cccc(-c2cc(-c3ccccc3)c3cc(Cl)ccc3n2)c1. The van der Waals surface area contributed by atoms with Gasteiger partial charge in [0.2, 0.25) is 0 Å². The molecule has 3 heteroatoms. The minimum atomic E-state index is 0.622. The summed E-state index contributed by atoms with van der Waals surface area (Å²) in [6.07, 6.45) is 0. The van der Waals surface area contributed by atoms with Crippen LogP contribution in [0.25, 0.3) is 33.3 Å². The molecule has 0 saturated heterocycles. The molecule has 0 bridgehead atoms. The third-order valence-electron chi connectivity index (χ3n) is 4.14. The lowest BCUT2D eigenvalue weighted by Gasteiger charge is -2.11. The quantitative estimate of drug-likeness (QED) is 0.442. The molecule has 0 N–H and O–H groups in total. The van der Waals surface area contributed by atoms with E-state index in [-0.39, 0.29) is 0 Å². The van der Waals surface area contributed by atoms with Crippen molar-refractivity contribution in [3.63, 3.8) is 0 Å². The molecule has 0 aliphatic carbocycles. The Kier molecular flexibility index (Phi) is 3.93. The minimum Gasteiger partial charge on any atom is -0.248 e. The van der Waals surface area contributed by atoms with Crippen LogP contribution >= 0.6 is 11.6 Å². The molecule has 0 aliphatic heterocycles. The van der Waals surface area contributed by atoms with E-state index in [0.29, 0.717) is 10.6 Å². The summed E-state index contributed by atoms with van der Waals surface area (Å²) >= 11 is 6.21. The van der Waals surface area contributed by atoms with Gasteiger partial charge in [-0.05, 0) is 47.5 Å². The van der Waals surface area contributed by atoms with Crippen LogP contribution in [0.2, 0.25) is 5.02 Å². The number of aromatic nitrogens is 1. The van der Waals surface area contributed by atoms with E-state index >= 15 is 0 Å². The smallest absolute Gasteiger partial charge is 0.0991 e. The molecular weight excluding hydrogens is 328 g/mol. The number of benzene rings is 3. The molecule has 0 amide bonds. The van der Waals surface area contributed by atoms with Gasteiger partial charge in [0.1, 0.15) is 0 Å². The number of halogens is 1. The number of nitrogens with zero attached hydrogens (tertiary/aromatic N) is 2. The Bertz CT molecular complexity index is 1110. The minimum absolute atomic E-state index is 0.622. The fourth-order valence-electron chi connectivity index (χ4n) is 2.95. The average Bonchev–Trinajstić information content (AvgIpc) is 2.68. The van der Waals surface area contributed by atoms with Crippen molar-refractivity contribution in [1.82, 2.24) is 4.98 Å². The largest absolute Gasteiger partial charge is 0.248 e.